The molecular formula is C23H23ClFN3O2S. The Morgan fingerprint density at radius 3 is 2.71 bits per heavy atom. The third-order valence-electron chi connectivity index (χ3n) is 5.25. The molecule has 0 aliphatic heterocycles. The van der Waals surface area contributed by atoms with Crippen LogP contribution < -0.4 is 5.32 Å². The maximum atomic E-state index is 15.6. The van der Waals surface area contributed by atoms with Gasteiger partial charge in [-0.3, -0.25) is 9.59 Å². The lowest BCUT2D eigenvalue weighted by Crippen LogP contribution is -2.29. The molecule has 0 saturated heterocycles. The number of aryl methyl sites for hydroxylation is 1. The number of halogens is 2. The Kier molecular flexibility index (Phi) is 5.75. The van der Waals surface area contributed by atoms with Crippen LogP contribution in [0.4, 0.5) is 10.2 Å². The zero-order chi connectivity index (χ0) is 22.3. The van der Waals surface area contributed by atoms with Crippen molar-refractivity contribution in [2.45, 2.75) is 46.6 Å². The molecule has 1 aliphatic rings. The number of fused-ring (bicyclic) bond motifs is 1. The fraction of sp³-hybridized carbons (Fsp3) is 0.348. The van der Waals surface area contributed by atoms with E-state index in [2.05, 4.69) is 10.4 Å². The summed E-state index contributed by atoms with van der Waals surface area (Å²) in [6.45, 7) is 5.61. The van der Waals surface area contributed by atoms with Crippen LogP contribution in [0.5, 0.6) is 0 Å². The molecule has 31 heavy (non-hydrogen) atoms. The molecule has 0 bridgehead atoms. The summed E-state index contributed by atoms with van der Waals surface area (Å²) in [6.07, 6.45) is 2.09. The average Bonchev–Trinajstić information content (AvgIpc) is 3.28. The predicted octanol–water partition coefficient (Wildman–Crippen LogP) is 6.22. The molecule has 0 amide bonds. The minimum Gasteiger partial charge on any atom is -0.363 e. The highest BCUT2D eigenvalue weighted by Crippen LogP contribution is 2.33. The molecule has 0 atom stereocenters. The molecule has 3 aromatic rings. The van der Waals surface area contributed by atoms with Gasteiger partial charge in [-0.25, -0.2) is 4.39 Å². The van der Waals surface area contributed by atoms with Gasteiger partial charge >= 0.3 is 0 Å². The number of nitrogens with one attached hydrogen (secondary N) is 1. The Morgan fingerprint density at radius 2 is 2.03 bits per heavy atom. The van der Waals surface area contributed by atoms with Gasteiger partial charge in [0, 0.05) is 27.8 Å². The molecule has 2 aromatic heterocycles. The second kappa shape index (κ2) is 8.20. The van der Waals surface area contributed by atoms with Crippen molar-refractivity contribution in [2.75, 3.05) is 5.32 Å². The molecule has 0 saturated carbocycles. The monoisotopic (exact) mass is 459 g/mol. The second-order valence-corrected chi connectivity index (χ2v) is 10.5. The Morgan fingerprint density at radius 1 is 1.26 bits per heavy atom. The molecule has 0 radical (unpaired) electrons. The van der Waals surface area contributed by atoms with Gasteiger partial charge in [0.15, 0.2) is 17.4 Å². The summed E-state index contributed by atoms with van der Waals surface area (Å²) in [5.74, 6) is -0.785. The Labute approximate surface area is 189 Å². The minimum atomic E-state index is -0.749. The molecule has 0 unspecified atom stereocenters. The maximum Gasteiger partial charge on any atom is 0.254 e. The molecule has 8 heteroatoms. The van der Waals surface area contributed by atoms with E-state index < -0.39 is 11.2 Å². The van der Waals surface area contributed by atoms with E-state index in [1.807, 2.05) is 12.1 Å². The summed E-state index contributed by atoms with van der Waals surface area (Å²) in [6, 6.07) is 8.87. The van der Waals surface area contributed by atoms with Crippen molar-refractivity contribution in [3.8, 4) is 11.3 Å². The van der Waals surface area contributed by atoms with Crippen molar-refractivity contribution >= 4 is 40.4 Å². The highest BCUT2D eigenvalue weighted by atomic mass is 35.5. The molecule has 5 nitrogen and oxygen atoms in total. The topological polar surface area (TPSA) is 64.0 Å². The van der Waals surface area contributed by atoms with Crippen molar-refractivity contribution in [1.82, 2.24) is 9.78 Å². The second-order valence-electron chi connectivity index (χ2n) is 8.69. The Bertz CT molecular complexity index is 1180. The first-order valence-electron chi connectivity index (χ1n) is 10.1. The molecule has 1 aromatic carbocycles. The first-order valence-corrected chi connectivity index (χ1v) is 11.3. The molecule has 162 valence electrons. The lowest BCUT2D eigenvalue weighted by atomic mass is 9.89. The summed E-state index contributed by atoms with van der Waals surface area (Å²) >= 11 is 7.37. The van der Waals surface area contributed by atoms with E-state index in [0.717, 1.165) is 28.0 Å². The van der Waals surface area contributed by atoms with E-state index in [9.17, 15) is 9.59 Å². The van der Waals surface area contributed by atoms with Crippen LogP contribution in [0.25, 0.3) is 11.3 Å². The number of rotatable bonds is 4. The van der Waals surface area contributed by atoms with Gasteiger partial charge in [-0.15, -0.1) is 11.3 Å². The fourth-order valence-electron chi connectivity index (χ4n) is 3.61. The molecule has 4 rings (SSSR count). The number of Topliss-reactive ketones (excluding diaryl/α,β-unsaturated/α-hetero) is 1. The Balaban J connectivity index is 1.75. The van der Waals surface area contributed by atoms with Crippen molar-refractivity contribution in [1.29, 1.82) is 0 Å². The van der Waals surface area contributed by atoms with Gasteiger partial charge in [0.05, 0.1) is 10.9 Å². The number of carbonyl (C=O) groups excluding carboxylic acids is 2. The normalized spacial score (nSPS) is 13.9. The quantitative estimate of drug-likeness (QED) is 0.503. The molecule has 1 N–H and O–H groups in total. The number of hydrogen-bond acceptors (Lipinski definition) is 5. The van der Waals surface area contributed by atoms with E-state index >= 15 is 4.39 Å². The van der Waals surface area contributed by atoms with Crippen molar-refractivity contribution in [2.24, 2.45) is 5.41 Å². The van der Waals surface area contributed by atoms with Crippen LogP contribution in [0.3, 0.4) is 0 Å². The van der Waals surface area contributed by atoms with Gasteiger partial charge in [0.2, 0.25) is 0 Å². The zero-order valence-corrected chi connectivity index (χ0v) is 19.2. The Hall–Kier alpha value is -2.51. The standard InChI is InChI=1S/C23H23ClFN3O2S/c1-23(2,3)22(30)28-21(26-12-15-8-10-18(24)31-15)19(25)20(27-28)14-7-9-16-13(11-14)5-4-6-17(16)29/h7-11,26H,4-6,12H2,1-3H3. The van der Waals surface area contributed by atoms with Crippen LogP contribution in [0.15, 0.2) is 30.3 Å². The van der Waals surface area contributed by atoms with Gasteiger partial charge in [-0.05, 0) is 36.6 Å². The lowest BCUT2D eigenvalue weighted by molar-refractivity contribution is 0.0751. The number of anilines is 1. The predicted molar refractivity (Wildman–Crippen MR) is 122 cm³/mol. The highest BCUT2D eigenvalue weighted by molar-refractivity contribution is 7.16. The third kappa shape index (κ3) is 4.29. The van der Waals surface area contributed by atoms with E-state index in [1.165, 1.54) is 11.3 Å². The number of thiophene rings is 1. The molecule has 0 fully saturated rings. The first kappa shape index (κ1) is 21.7. The van der Waals surface area contributed by atoms with E-state index in [1.54, 1.807) is 39.0 Å². The summed E-state index contributed by atoms with van der Waals surface area (Å²) in [4.78, 5) is 26.0. The molecule has 1 aliphatic carbocycles. The van der Waals surface area contributed by atoms with Gasteiger partial charge < -0.3 is 5.32 Å². The largest absolute Gasteiger partial charge is 0.363 e. The van der Waals surface area contributed by atoms with Crippen LogP contribution >= 0.6 is 22.9 Å². The van der Waals surface area contributed by atoms with Gasteiger partial charge in [-0.2, -0.15) is 9.78 Å². The third-order valence-corrected chi connectivity index (χ3v) is 6.48. The number of carbonyl (C=O) groups is 2. The van der Waals surface area contributed by atoms with E-state index in [4.69, 9.17) is 11.6 Å². The van der Waals surface area contributed by atoms with Gasteiger partial charge in [0.25, 0.3) is 5.91 Å². The highest BCUT2D eigenvalue weighted by Gasteiger charge is 2.30. The zero-order valence-electron chi connectivity index (χ0n) is 17.6. The number of aromatic nitrogens is 2. The number of ketones is 1. The first-order chi connectivity index (χ1) is 14.6. The minimum absolute atomic E-state index is 0.0215. The van der Waals surface area contributed by atoms with Crippen LogP contribution in [-0.2, 0) is 13.0 Å². The average molecular weight is 460 g/mol. The smallest absolute Gasteiger partial charge is 0.254 e. The van der Waals surface area contributed by atoms with Crippen LogP contribution in [0.1, 0.15) is 59.2 Å². The molecule has 0 spiro atoms. The van der Waals surface area contributed by atoms with Crippen LogP contribution in [0.2, 0.25) is 4.34 Å². The van der Waals surface area contributed by atoms with E-state index in [0.29, 0.717) is 28.4 Å². The fourth-order valence-corrected chi connectivity index (χ4v) is 4.64. The molecule has 2 heterocycles. The summed E-state index contributed by atoms with van der Waals surface area (Å²) in [5, 5.41) is 7.38. The summed E-state index contributed by atoms with van der Waals surface area (Å²) in [5.41, 5.74) is 1.47. The van der Waals surface area contributed by atoms with Crippen molar-refractivity contribution < 1.29 is 14.0 Å². The number of hydrogen-bond donors (Lipinski definition) is 1. The van der Waals surface area contributed by atoms with Crippen LogP contribution in [-0.4, -0.2) is 21.5 Å². The molecular weight excluding hydrogens is 437 g/mol. The van der Waals surface area contributed by atoms with E-state index in [-0.39, 0.29) is 23.2 Å². The maximum absolute atomic E-state index is 15.6. The van der Waals surface area contributed by atoms with Gasteiger partial charge in [-0.1, -0.05) is 44.5 Å². The van der Waals surface area contributed by atoms with Crippen molar-refractivity contribution in [3.63, 3.8) is 0 Å². The lowest BCUT2D eigenvalue weighted by Gasteiger charge is -2.18. The van der Waals surface area contributed by atoms with Gasteiger partial charge in [0.1, 0.15) is 5.69 Å². The number of nitrogens with zero attached hydrogens (tertiary/aromatic N) is 2. The number of benzene rings is 1. The summed E-state index contributed by atoms with van der Waals surface area (Å²) < 4.78 is 17.3. The summed E-state index contributed by atoms with van der Waals surface area (Å²) in [7, 11) is 0. The van der Waals surface area contributed by atoms with Crippen LogP contribution in [0, 0.1) is 11.2 Å². The van der Waals surface area contributed by atoms with Crippen molar-refractivity contribution in [3.05, 3.63) is 56.5 Å². The SMILES string of the molecule is CC(C)(C)C(=O)n1nc(-c2ccc3c(c2)CCCC3=O)c(F)c1NCc1ccc(Cl)s1.